The predicted octanol–water partition coefficient (Wildman–Crippen LogP) is 2.78. The van der Waals surface area contributed by atoms with Gasteiger partial charge in [0.2, 0.25) is 0 Å². The summed E-state index contributed by atoms with van der Waals surface area (Å²) in [6.07, 6.45) is 0.382. The normalized spacial score (nSPS) is 10.4. The highest BCUT2D eigenvalue weighted by molar-refractivity contribution is 6.10. The Kier molecular flexibility index (Phi) is 5.17. The number of ketones is 1. The SMILES string of the molecule is COc1cc(CCO)c(C(=O)c2ccc(C)cc2)cc1OC. The van der Waals surface area contributed by atoms with Crippen molar-refractivity contribution in [3.8, 4) is 11.5 Å². The van der Waals surface area contributed by atoms with Crippen LogP contribution in [0.1, 0.15) is 27.0 Å². The first-order chi connectivity index (χ1) is 10.6. The molecule has 116 valence electrons. The third kappa shape index (κ3) is 3.28. The molecule has 0 saturated heterocycles. The van der Waals surface area contributed by atoms with Crippen molar-refractivity contribution in [1.82, 2.24) is 0 Å². The van der Waals surface area contributed by atoms with Gasteiger partial charge in [0.05, 0.1) is 14.2 Å². The Morgan fingerprint density at radius 3 is 2.18 bits per heavy atom. The summed E-state index contributed by atoms with van der Waals surface area (Å²) in [7, 11) is 3.08. The van der Waals surface area contributed by atoms with Gasteiger partial charge in [-0.1, -0.05) is 29.8 Å². The third-order valence-corrected chi connectivity index (χ3v) is 3.55. The fourth-order valence-electron chi connectivity index (χ4n) is 2.32. The maximum atomic E-state index is 12.7. The topological polar surface area (TPSA) is 55.8 Å². The standard InChI is InChI=1S/C18H20O4/c1-12-4-6-13(7-5-12)18(20)15-11-17(22-3)16(21-2)10-14(15)8-9-19/h4-7,10-11,19H,8-9H2,1-3H3. The largest absolute Gasteiger partial charge is 0.493 e. The number of carbonyl (C=O) groups excluding carboxylic acids is 1. The summed E-state index contributed by atoms with van der Waals surface area (Å²) in [6.45, 7) is 1.94. The number of carbonyl (C=O) groups is 1. The molecule has 1 N–H and O–H groups in total. The quantitative estimate of drug-likeness (QED) is 0.834. The van der Waals surface area contributed by atoms with Crippen LogP contribution in [0.3, 0.4) is 0 Å². The molecule has 22 heavy (non-hydrogen) atoms. The van der Waals surface area contributed by atoms with E-state index in [0.717, 1.165) is 11.1 Å². The van der Waals surface area contributed by atoms with Crippen molar-refractivity contribution in [3.63, 3.8) is 0 Å². The second-order valence-corrected chi connectivity index (χ2v) is 5.03. The van der Waals surface area contributed by atoms with E-state index >= 15 is 0 Å². The molecule has 0 atom stereocenters. The van der Waals surface area contributed by atoms with Gasteiger partial charge in [-0.2, -0.15) is 0 Å². The molecule has 0 aliphatic carbocycles. The van der Waals surface area contributed by atoms with E-state index in [-0.39, 0.29) is 12.4 Å². The summed E-state index contributed by atoms with van der Waals surface area (Å²) < 4.78 is 10.5. The van der Waals surface area contributed by atoms with Crippen LogP contribution >= 0.6 is 0 Å². The van der Waals surface area contributed by atoms with Crippen molar-refractivity contribution in [2.45, 2.75) is 13.3 Å². The molecule has 2 aromatic carbocycles. The van der Waals surface area contributed by atoms with Crippen LogP contribution in [0.2, 0.25) is 0 Å². The van der Waals surface area contributed by atoms with Crippen LogP contribution < -0.4 is 9.47 Å². The summed E-state index contributed by atoms with van der Waals surface area (Å²) in [5.41, 5.74) is 2.97. The molecule has 0 heterocycles. The molecule has 2 aromatic rings. The van der Waals surface area contributed by atoms with E-state index in [2.05, 4.69) is 0 Å². The second-order valence-electron chi connectivity index (χ2n) is 5.03. The number of rotatable bonds is 6. The van der Waals surface area contributed by atoms with Crippen LogP contribution in [0, 0.1) is 6.92 Å². The lowest BCUT2D eigenvalue weighted by molar-refractivity contribution is 0.103. The summed E-state index contributed by atoms with van der Waals surface area (Å²) in [5, 5.41) is 9.24. The lowest BCUT2D eigenvalue weighted by Crippen LogP contribution is -2.08. The maximum absolute atomic E-state index is 12.7. The van der Waals surface area contributed by atoms with Gasteiger partial charge in [-0.15, -0.1) is 0 Å². The van der Waals surface area contributed by atoms with Crippen molar-refractivity contribution in [3.05, 3.63) is 58.7 Å². The average molecular weight is 300 g/mol. The fourth-order valence-corrected chi connectivity index (χ4v) is 2.32. The van der Waals surface area contributed by atoms with Crippen molar-refractivity contribution in [2.75, 3.05) is 20.8 Å². The minimum atomic E-state index is -0.0931. The number of hydrogen-bond donors (Lipinski definition) is 1. The first-order valence-corrected chi connectivity index (χ1v) is 7.07. The van der Waals surface area contributed by atoms with Crippen molar-refractivity contribution in [1.29, 1.82) is 0 Å². The average Bonchev–Trinajstić information content (AvgIpc) is 2.54. The molecule has 0 unspecified atom stereocenters. The van der Waals surface area contributed by atoms with E-state index in [0.29, 0.717) is 29.0 Å². The number of ether oxygens (including phenoxy) is 2. The summed E-state index contributed by atoms with van der Waals surface area (Å²) in [4.78, 5) is 12.7. The van der Waals surface area contributed by atoms with Gasteiger partial charge in [-0.05, 0) is 31.0 Å². The van der Waals surface area contributed by atoms with E-state index in [9.17, 15) is 9.90 Å². The monoisotopic (exact) mass is 300 g/mol. The Bertz CT molecular complexity index is 660. The second kappa shape index (κ2) is 7.09. The van der Waals surface area contributed by atoms with Crippen LogP contribution in [0.15, 0.2) is 36.4 Å². The van der Waals surface area contributed by atoms with Crippen LogP contribution in [0.4, 0.5) is 0 Å². The van der Waals surface area contributed by atoms with Gasteiger partial charge < -0.3 is 14.6 Å². The highest BCUT2D eigenvalue weighted by Gasteiger charge is 2.18. The number of aliphatic hydroxyl groups is 1. The minimum Gasteiger partial charge on any atom is -0.493 e. The Hall–Kier alpha value is -2.33. The zero-order valence-electron chi connectivity index (χ0n) is 13.1. The molecule has 0 aromatic heterocycles. The molecule has 0 fully saturated rings. The molecule has 0 aliphatic rings. The Morgan fingerprint density at radius 2 is 1.64 bits per heavy atom. The molecule has 0 amide bonds. The van der Waals surface area contributed by atoms with Crippen molar-refractivity contribution < 1.29 is 19.4 Å². The predicted molar refractivity (Wildman–Crippen MR) is 84.9 cm³/mol. The molecule has 0 radical (unpaired) electrons. The van der Waals surface area contributed by atoms with E-state index in [1.54, 1.807) is 31.4 Å². The summed E-state index contributed by atoms with van der Waals surface area (Å²) in [6, 6.07) is 10.8. The maximum Gasteiger partial charge on any atom is 0.193 e. The third-order valence-electron chi connectivity index (χ3n) is 3.55. The Morgan fingerprint density at radius 1 is 1.05 bits per heavy atom. The van der Waals surface area contributed by atoms with Crippen LogP contribution in [-0.2, 0) is 6.42 Å². The summed E-state index contributed by atoms with van der Waals surface area (Å²) >= 11 is 0. The number of aliphatic hydroxyl groups excluding tert-OH is 1. The van der Waals surface area contributed by atoms with Gasteiger partial charge in [0.1, 0.15) is 0 Å². The van der Waals surface area contributed by atoms with Crippen LogP contribution in [0.25, 0.3) is 0 Å². The zero-order valence-corrected chi connectivity index (χ0v) is 13.1. The molecular formula is C18H20O4. The van der Waals surface area contributed by atoms with Gasteiger partial charge >= 0.3 is 0 Å². The number of hydrogen-bond acceptors (Lipinski definition) is 4. The molecule has 4 nitrogen and oxygen atoms in total. The van der Waals surface area contributed by atoms with E-state index in [1.807, 2.05) is 19.1 Å². The van der Waals surface area contributed by atoms with E-state index < -0.39 is 0 Å². The molecular weight excluding hydrogens is 280 g/mol. The number of methoxy groups -OCH3 is 2. The number of aryl methyl sites for hydroxylation is 1. The van der Waals surface area contributed by atoms with E-state index in [4.69, 9.17) is 9.47 Å². The highest BCUT2D eigenvalue weighted by atomic mass is 16.5. The van der Waals surface area contributed by atoms with Gasteiger partial charge in [-0.3, -0.25) is 4.79 Å². The molecule has 2 rings (SSSR count). The number of benzene rings is 2. The van der Waals surface area contributed by atoms with Crippen molar-refractivity contribution in [2.24, 2.45) is 0 Å². The van der Waals surface area contributed by atoms with Gasteiger partial charge in [-0.25, -0.2) is 0 Å². The van der Waals surface area contributed by atoms with E-state index in [1.165, 1.54) is 7.11 Å². The Balaban J connectivity index is 2.51. The zero-order chi connectivity index (χ0) is 16.1. The van der Waals surface area contributed by atoms with Gasteiger partial charge in [0.25, 0.3) is 0 Å². The Labute approximate surface area is 130 Å². The molecule has 0 aliphatic heterocycles. The molecule has 0 bridgehead atoms. The lowest BCUT2D eigenvalue weighted by atomic mass is 9.95. The highest BCUT2D eigenvalue weighted by Crippen LogP contribution is 2.32. The minimum absolute atomic E-state index is 0.0380. The molecule has 4 heteroatoms. The smallest absolute Gasteiger partial charge is 0.193 e. The fraction of sp³-hybridized carbons (Fsp3) is 0.278. The first kappa shape index (κ1) is 16.0. The van der Waals surface area contributed by atoms with Crippen LogP contribution in [-0.4, -0.2) is 31.7 Å². The molecule has 0 saturated carbocycles. The first-order valence-electron chi connectivity index (χ1n) is 7.07. The lowest BCUT2D eigenvalue weighted by Gasteiger charge is -2.14. The molecule has 0 spiro atoms. The van der Waals surface area contributed by atoms with Gasteiger partial charge in [0.15, 0.2) is 17.3 Å². The van der Waals surface area contributed by atoms with Crippen molar-refractivity contribution >= 4 is 5.78 Å². The van der Waals surface area contributed by atoms with Crippen LogP contribution in [0.5, 0.6) is 11.5 Å². The summed E-state index contributed by atoms with van der Waals surface area (Å²) in [5.74, 6) is 0.954. The van der Waals surface area contributed by atoms with Gasteiger partial charge in [0, 0.05) is 17.7 Å².